The maximum absolute atomic E-state index is 12.8. The van der Waals surface area contributed by atoms with E-state index in [0.717, 1.165) is 4.90 Å². The van der Waals surface area contributed by atoms with Gasteiger partial charge in [-0.3, -0.25) is 24.1 Å². The van der Waals surface area contributed by atoms with Gasteiger partial charge in [-0.15, -0.1) is 0 Å². The molecule has 1 aromatic carbocycles. The number of carboxylic acids is 1. The Hall–Kier alpha value is -2.70. The summed E-state index contributed by atoms with van der Waals surface area (Å²) in [6, 6.07) is 6.39. The van der Waals surface area contributed by atoms with E-state index in [-0.39, 0.29) is 30.0 Å². The molecular formula is C21H27NO6. The van der Waals surface area contributed by atoms with Crippen LogP contribution in [-0.2, 0) is 14.3 Å². The van der Waals surface area contributed by atoms with Crippen LogP contribution < -0.4 is 0 Å². The number of nitrogens with zero attached hydrogens (tertiary/aromatic N) is 1. The predicted octanol–water partition coefficient (Wildman–Crippen LogP) is 2.99. The van der Waals surface area contributed by atoms with E-state index in [0.29, 0.717) is 0 Å². The quantitative estimate of drug-likeness (QED) is 0.568. The summed E-state index contributed by atoms with van der Waals surface area (Å²) in [6.45, 7) is 8.42. The summed E-state index contributed by atoms with van der Waals surface area (Å²) >= 11 is 0. The first-order valence-corrected chi connectivity index (χ1v) is 9.33. The first-order valence-electron chi connectivity index (χ1n) is 9.33. The number of carbonyl (C=O) groups excluding carboxylic acids is 3. The minimum atomic E-state index is -1.15. The fourth-order valence-corrected chi connectivity index (χ4v) is 3.29. The molecule has 1 aliphatic rings. The number of esters is 1. The summed E-state index contributed by atoms with van der Waals surface area (Å²) in [7, 11) is 0. The number of benzene rings is 1. The number of rotatable bonds is 7. The van der Waals surface area contributed by atoms with Crippen LogP contribution in [-0.4, -0.2) is 45.9 Å². The minimum Gasteiger partial charge on any atom is -0.481 e. The Morgan fingerprint density at radius 2 is 1.54 bits per heavy atom. The Bertz CT molecular complexity index is 757. The van der Waals surface area contributed by atoms with Gasteiger partial charge in [-0.25, -0.2) is 0 Å². The van der Waals surface area contributed by atoms with Crippen molar-refractivity contribution in [2.75, 3.05) is 6.54 Å². The molecule has 0 aliphatic carbocycles. The molecule has 1 aromatic rings. The van der Waals surface area contributed by atoms with Crippen molar-refractivity contribution in [2.45, 2.75) is 46.6 Å². The van der Waals surface area contributed by atoms with Gasteiger partial charge in [-0.1, -0.05) is 26.0 Å². The van der Waals surface area contributed by atoms with E-state index in [1.54, 1.807) is 45.0 Å². The highest BCUT2D eigenvalue weighted by Gasteiger charge is 2.43. The van der Waals surface area contributed by atoms with Crippen molar-refractivity contribution >= 4 is 23.8 Å². The van der Waals surface area contributed by atoms with E-state index in [1.165, 1.54) is 0 Å². The average molecular weight is 389 g/mol. The zero-order chi connectivity index (χ0) is 21.2. The Labute approximate surface area is 164 Å². The molecule has 0 aromatic heterocycles. The number of hydrogen-bond donors (Lipinski definition) is 1. The van der Waals surface area contributed by atoms with Gasteiger partial charge in [0.15, 0.2) is 0 Å². The number of ether oxygens (including phenoxy) is 1. The van der Waals surface area contributed by atoms with Crippen LogP contribution in [0.5, 0.6) is 0 Å². The van der Waals surface area contributed by atoms with Gasteiger partial charge in [-0.05, 0) is 45.2 Å². The van der Waals surface area contributed by atoms with Crippen LogP contribution in [0.2, 0.25) is 0 Å². The zero-order valence-corrected chi connectivity index (χ0v) is 16.9. The summed E-state index contributed by atoms with van der Waals surface area (Å²) in [6.07, 6.45) is 0.225. The van der Waals surface area contributed by atoms with Crippen molar-refractivity contribution in [3.8, 4) is 0 Å². The molecule has 0 fully saturated rings. The van der Waals surface area contributed by atoms with E-state index >= 15 is 0 Å². The van der Waals surface area contributed by atoms with Gasteiger partial charge >= 0.3 is 11.9 Å². The molecule has 2 rings (SSSR count). The number of aliphatic carboxylic acids is 1. The molecule has 0 bridgehead atoms. The van der Waals surface area contributed by atoms with Gasteiger partial charge in [0.25, 0.3) is 11.8 Å². The molecule has 1 N–H and O–H groups in total. The largest absolute Gasteiger partial charge is 0.481 e. The topological polar surface area (TPSA) is 101 Å². The second kappa shape index (κ2) is 8.12. The second-order valence-corrected chi connectivity index (χ2v) is 8.48. The molecule has 0 unspecified atom stereocenters. The van der Waals surface area contributed by atoms with Gasteiger partial charge in [0.05, 0.1) is 23.0 Å². The number of carboxylic acid groups (broad SMARTS) is 1. The lowest BCUT2D eigenvalue weighted by Gasteiger charge is -2.30. The van der Waals surface area contributed by atoms with Crippen molar-refractivity contribution in [1.29, 1.82) is 0 Å². The maximum Gasteiger partial charge on any atom is 0.312 e. The number of imide groups is 1. The molecule has 28 heavy (non-hydrogen) atoms. The van der Waals surface area contributed by atoms with Crippen LogP contribution in [0.15, 0.2) is 24.3 Å². The van der Waals surface area contributed by atoms with Crippen molar-refractivity contribution in [3.05, 3.63) is 35.4 Å². The van der Waals surface area contributed by atoms with E-state index in [9.17, 15) is 24.3 Å². The van der Waals surface area contributed by atoms with Crippen LogP contribution in [0.25, 0.3) is 0 Å². The third kappa shape index (κ3) is 4.77. The van der Waals surface area contributed by atoms with Gasteiger partial charge in [0.1, 0.15) is 5.60 Å². The fourth-order valence-electron chi connectivity index (χ4n) is 3.29. The van der Waals surface area contributed by atoms with Crippen LogP contribution in [0.1, 0.15) is 61.8 Å². The Morgan fingerprint density at radius 1 is 1.04 bits per heavy atom. The Kier molecular flexibility index (Phi) is 6.27. The number of carbonyl (C=O) groups is 4. The first-order chi connectivity index (χ1) is 12.9. The Balaban J connectivity index is 2.37. The molecule has 0 saturated carbocycles. The number of hydrogen-bond acceptors (Lipinski definition) is 5. The predicted molar refractivity (Wildman–Crippen MR) is 102 cm³/mol. The summed E-state index contributed by atoms with van der Waals surface area (Å²) < 4.78 is 5.42. The van der Waals surface area contributed by atoms with Gasteiger partial charge in [0.2, 0.25) is 0 Å². The number of fused-ring (bicyclic) bond motifs is 1. The second-order valence-electron chi connectivity index (χ2n) is 8.48. The molecule has 152 valence electrons. The zero-order valence-electron chi connectivity index (χ0n) is 16.9. The third-order valence-electron chi connectivity index (χ3n) is 4.50. The molecule has 0 saturated heterocycles. The van der Waals surface area contributed by atoms with E-state index in [2.05, 4.69) is 0 Å². The SMILES string of the molecule is CC(C)C[C@@H](C(=O)O)[C@H](CN1C(=O)c2ccccc2C1=O)C(=O)OC(C)(C)C. The lowest BCUT2D eigenvalue weighted by molar-refractivity contribution is -0.167. The molecule has 0 spiro atoms. The normalized spacial score (nSPS) is 16.1. The van der Waals surface area contributed by atoms with E-state index in [1.807, 2.05) is 13.8 Å². The Morgan fingerprint density at radius 3 is 1.93 bits per heavy atom. The molecule has 2 amide bonds. The van der Waals surface area contributed by atoms with Crippen molar-refractivity contribution in [3.63, 3.8) is 0 Å². The molecular weight excluding hydrogens is 362 g/mol. The molecule has 7 heteroatoms. The van der Waals surface area contributed by atoms with Gasteiger partial charge in [0, 0.05) is 6.54 Å². The standard InChI is InChI=1S/C21H27NO6/c1-12(2)10-15(19(25)26)16(20(27)28-21(3,4)5)11-22-17(23)13-8-6-7-9-14(13)18(22)24/h6-9,12,15-16H,10-11H2,1-5H3,(H,25,26)/t15-,16+/m1/s1. The monoisotopic (exact) mass is 389 g/mol. The summed E-state index contributed by atoms with van der Waals surface area (Å²) in [4.78, 5) is 51.0. The van der Waals surface area contributed by atoms with Crippen LogP contribution >= 0.6 is 0 Å². The molecule has 2 atom stereocenters. The fraction of sp³-hybridized carbons (Fsp3) is 0.524. The van der Waals surface area contributed by atoms with E-state index in [4.69, 9.17) is 4.74 Å². The highest BCUT2D eigenvalue weighted by atomic mass is 16.6. The molecule has 0 radical (unpaired) electrons. The van der Waals surface area contributed by atoms with Crippen LogP contribution in [0.3, 0.4) is 0 Å². The molecule has 1 heterocycles. The lowest BCUT2D eigenvalue weighted by atomic mass is 9.84. The first kappa shape index (κ1) is 21.6. The summed E-state index contributed by atoms with van der Waals surface area (Å²) in [5, 5.41) is 9.72. The van der Waals surface area contributed by atoms with E-state index < -0.39 is 41.2 Å². The molecule has 1 aliphatic heterocycles. The summed E-state index contributed by atoms with van der Waals surface area (Å²) in [5.41, 5.74) is -0.310. The maximum atomic E-state index is 12.8. The average Bonchev–Trinajstić information content (AvgIpc) is 2.80. The third-order valence-corrected chi connectivity index (χ3v) is 4.50. The van der Waals surface area contributed by atoms with Crippen LogP contribution in [0, 0.1) is 17.8 Å². The molecule has 7 nitrogen and oxygen atoms in total. The highest BCUT2D eigenvalue weighted by molar-refractivity contribution is 6.21. The van der Waals surface area contributed by atoms with Crippen LogP contribution in [0.4, 0.5) is 0 Å². The number of amides is 2. The minimum absolute atomic E-state index is 0.00761. The lowest BCUT2D eigenvalue weighted by Crippen LogP contribution is -2.44. The van der Waals surface area contributed by atoms with Gasteiger partial charge < -0.3 is 9.84 Å². The highest BCUT2D eigenvalue weighted by Crippen LogP contribution is 2.29. The van der Waals surface area contributed by atoms with Crippen molar-refractivity contribution < 1.29 is 29.0 Å². The smallest absolute Gasteiger partial charge is 0.312 e. The van der Waals surface area contributed by atoms with Gasteiger partial charge in [-0.2, -0.15) is 0 Å². The van der Waals surface area contributed by atoms with Crippen molar-refractivity contribution in [1.82, 2.24) is 4.90 Å². The van der Waals surface area contributed by atoms with Crippen molar-refractivity contribution in [2.24, 2.45) is 17.8 Å². The summed E-state index contributed by atoms with van der Waals surface area (Å²) in [5.74, 6) is -5.14.